The standard InChI is InChI=1S/C12H24N2O2/c1-12(2,11(15)16-5)14(4)9-10-6-7-13(3)8-10/h10H,6-9H2,1-5H3. The Morgan fingerprint density at radius 1 is 1.56 bits per heavy atom. The van der Waals surface area contributed by atoms with E-state index in [2.05, 4.69) is 16.8 Å². The minimum Gasteiger partial charge on any atom is -0.468 e. The third-order valence-corrected chi connectivity index (χ3v) is 3.66. The highest BCUT2D eigenvalue weighted by molar-refractivity contribution is 5.79. The Morgan fingerprint density at radius 2 is 2.19 bits per heavy atom. The number of esters is 1. The van der Waals surface area contributed by atoms with Crippen LogP contribution in [0.2, 0.25) is 0 Å². The molecular weight excluding hydrogens is 204 g/mol. The molecule has 0 aromatic heterocycles. The molecule has 0 N–H and O–H groups in total. The Labute approximate surface area is 98.5 Å². The van der Waals surface area contributed by atoms with Gasteiger partial charge in [-0.2, -0.15) is 0 Å². The lowest BCUT2D eigenvalue weighted by atomic mass is 10.0. The minimum absolute atomic E-state index is 0.165. The van der Waals surface area contributed by atoms with Gasteiger partial charge in [-0.05, 0) is 46.8 Å². The maximum atomic E-state index is 11.6. The third-order valence-electron chi connectivity index (χ3n) is 3.66. The number of nitrogens with zero attached hydrogens (tertiary/aromatic N) is 2. The van der Waals surface area contributed by atoms with Gasteiger partial charge >= 0.3 is 5.97 Å². The number of carbonyl (C=O) groups excluding carboxylic acids is 1. The first kappa shape index (κ1) is 13.5. The van der Waals surface area contributed by atoms with E-state index in [-0.39, 0.29) is 5.97 Å². The van der Waals surface area contributed by atoms with Gasteiger partial charge < -0.3 is 9.64 Å². The molecule has 0 saturated carbocycles. The Kier molecular flexibility index (Phi) is 4.33. The summed E-state index contributed by atoms with van der Waals surface area (Å²) in [5, 5.41) is 0. The van der Waals surface area contributed by atoms with Crippen molar-refractivity contribution in [3.05, 3.63) is 0 Å². The van der Waals surface area contributed by atoms with Gasteiger partial charge in [-0.15, -0.1) is 0 Å². The lowest BCUT2D eigenvalue weighted by Gasteiger charge is -2.34. The molecule has 0 spiro atoms. The van der Waals surface area contributed by atoms with Gasteiger partial charge in [-0.3, -0.25) is 9.69 Å². The summed E-state index contributed by atoms with van der Waals surface area (Å²) in [5.74, 6) is 0.500. The molecule has 0 aliphatic carbocycles. The second-order valence-electron chi connectivity index (χ2n) is 5.35. The number of hydrogen-bond donors (Lipinski definition) is 0. The van der Waals surface area contributed by atoms with Crippen LogP contribution in [-0.2, 0) is 9.53 Å². The largest absolute Gasteiger partial charge is 0.468 e. The summed E-state index contributed by atoms with van der Waals surface area (Å²) in [6, 6.07) is 0. The summed E-state index contributed by atoms with van der Waals surface area (Å²) in [6.45, 7) is 7.07. The fourth-order valence-electron chi connectivity index (χ4n) is 2.20. The second-order valence-corrected chi connectivity index (χ2v) is 5.35. The van der Waals surface area contributed by atoms with Gasteiger partial charge in [0.05, 0.1) is 7.11 Å². The molecule has 1 aliphatic rings. The molecule has 4 nitrogen and oxygen atoms in total. The van der Waals surface area contributed by atoms with E-state index in [9.17, 15) is 4.79 Å². The van der Waals surface area contributed by atoms with Gasteiger partial charge in [0, 0.05) is 13.1 Å². The van der Waals surface area contributed by atoms with Crippen molar-refractivity contribution >= 4 is 5.97 Å². The summed E-state index contributed by atoms with van der Waals surface area (Å²) in [4.78, 5) is 16.1. The van der Waals surface area contributed by atoms with Crippen LogP contribution >= 0.6 is 0 Å². The van der Waals surface area contributed by atoms with Gasteiger partial charge in [-0.25, -0.2) is 0 Å². The van der Waals surface area contributed by atoms with Crippen molar-refractivity contribution in [1.29, 1.82) is 0 Å². The third kappa shape index (κ3) is 2.95. The van der Waals surface area contributed by atoms with Crippen molar-refractivity contribution < 1.29 is 9.53 Å². The predicted molar refractivity (Wildman–Crippen MR) is 64.3 cm³/mol. The first-order chi connectivity index (χ1) is 7.37. The van der Waals surface area contributed by atoms with E-state index in [0.717, 1.165) is 19.6 Å². The Balaban J connectivity index is 2.51. The second kappa shape index (κ2) is 5.15. The number of ether oxygens (including phenoxy) is 1. The van der Waals surface area contributed by atoms with Gasteiger partial charge in [0.15, 0.2) is 0 Å². The van der Waals surface area contributed by atoms with E-state index in [1.54, 1.807) is 0 Å². The van der Waals surface area contributed by atoms with Gasteiger partial charge in [-0.1, -0.05) is 0 Å². The molecule has 4 heteroatoms. The zero-order chi connectivity index (χ0) is 12.3. The van der Waals surface area contributed by atoms with Crippen LogP contribution in [0.3, 0.4) is 0 Å². The van der Waals surface area contributed by atoms with Crippen LogP contribution in [0.25, 0.3) is 0 Å². The molecule has 1 saturated heterocycles. The van der Waals surface area contributed by atoms with E-state index in [4.69, 9.17) is 4.74 Å². The van der Waals surface area contributed by atoms with Crippen molar-refractivity contribution in [3.63, 3.8) is 0 Å². The van der Waals surface area contributed by atoms with Crippen LogP contribution in [0.15, 0.2) is 0 Å². The number of methoxy groups -OCH3 is 1. The highest BCUT2D eigenvalue weighted by atomic mass is 16.5. The predicted octanol–water partition coefficient (Wildman–Crippen LogP) is 0.821. The molecular formula is C12H24N2O2. The van der Waals surface area contributed by atoms with Crippen molar-refractivity contribution in [2.24, 2.45) is 5.92 Å². The van der Waals surface area contributed by atoms with Crippen LogP contribution in [0.5, 0.6) is 0 Å². The van der Waals surface area contributed by atoms with Crippen molar-refractivity contribution in [1.82, 2.24) is 9.80 Å². The van der Waals surface area contributed by atoms with E-state index in [1.807, 2.05) is 20.9 Å². The maximum absolute atomic E-state index is 11.6. The summed E-state index contributed by atoms with van der Waals surface area (Å²) >= 11 is 0. The first-order valence-electron chi connectivity index (χ1n) is 5.86. The number of carbonyl (C=O) groups is 1. The van der Waals surface area contributed by atoms with Crippen LogP contribution in [0.1, 0.15) is 20.3 Å². The van der Waals surface area contributed by atoms with E-state index in [1.165, 1.54) is 13.5 Å². The lowest BCUT2D eigenvalue weighted by molar-refractivity contribution is -0.152. The lowest BCUT2D eigenvalue weighted by Crippen LogP contribution is -2.50. The van der Waals surface area contributed by atoms with E-state index < -0.39 is 5.54 Å². The van der Waals surface area contributed by atoms with E-state index in [0.29, 0.717) is 5.92 Å². The molecule has 1 unspecified atom stereocenters. The van der Waals surface area contributed by atoms with Gasteiger partial charge in [0.2, 0.25) is 0 Å². The topological polar surface area (TPSA) is 32.8 Å². The van der Waals surface area contributed by atoms with Crippen LogP contribution in [-0.4, -0.2) is 62.1 Å². The molecule has 0 bridgehead atoms. The Bertz CT molecular complexity index is 253. The fourth-order valence-corrected chi connectivity index (χ4v) is 2.20. The van der Waals surface area contributed by atoms with Gasteiger partial charge in [0.1, 0.15) is 5.54 Å². The molecule has 0 radical (unpaired) electrons. The summed E-state index contributed by atoms with van der Waals surface area (Å²) < 4.78 is 4.83. The van der Waals surface area contributed by atoms with E-state index >= 15 is 0 Å². The molecule has 1 rings (SSSR count). The van der Waals surface area contributed by atoms with Gasteiger partial charge in [0.25, 0.3) is 0 Å². The molecule has 1 aliphatic heterocycles. The number of hydrogen-bond acceptors (Lipinski definition) is 4. The molecule has 1 atom stereocenters. The highest BCUT2D eigenvalue weighted by Gasteiger charge is 2.35. The molecule has 0 aromatic carbocycles. The number of likely N-dealkylation sites (N-methyl/N-ethyl adjacent to an activating group) is 1. The average molecular weight is 228 g/mol. The molecule has 0 amide bonds. The SMILES string of the molecule is COC(=O)C(C)(C)N(C)CC1CCN(C)C1. The normalized spacial score (nSPS) is 22.8. The van der Waals surface area contributed by atoms with Crippen molar-refractivity contribution in [2.45, 2.75) is 25.8 Å². The summed E-state index contributed by atoms with van der Waals surface area (Å²) in [6.07, 6.45) is 1.22. The monoisotopic (exact) mass is 228 g/mol. The quantitative estimate of drug-likeness (QED) is 0.667. The van der Waals surface area contributed by atoms with Crippen LogP contribution < -0.4 is 0 Å². The summed E-state index contributed by atoms with van der Waals surface area (Å²) in [7, 11) is 5.59. The highest BCUT2D eigenvalue weighted by Crippen LogP contribution is 2.20. The zero-order valence-electron chi connectivity index (χ0n) is 11.1. The number of likely N-dealkylation sites (tertiary alicyclic amines) is 1. The molecule has 94 valence electrons. The minimum atomic E-state index is -0.532. The fraction of sp³-hybridized carbons (Fsp3) is 0.917. The van der Waals surface area contributed by atoms with Crippen molar-refractivity contribution in [3.8, 4) is 0 Å². The average Bonchev–Trinajstić information content (AvgIpc) is 2.62. The Hall–Kier alpha value is -0.610. The summed E-state index contributed by atoms with van der Waals surface area (Å²) in [5.41, 5.74) is -0.532. The number of rotatable bonds is 4. The smallest absolute Gasteiger partial charge is 0.325 e. The van der Waals surface area contributed by atoms with Crippen molar-refractivity contribution in [2.75, 3.05) is 40.8 Å². The molecule has 0 aromatic rings. The molecule has 1 fully saturated rings. The molecule has 16 heavy (non-hydrogen) atoms. The first-order valence-corrected chi connectivity index (χ1v) is 5.86. The van der Waals surface area contributed by atoms with Crippen LogP contribution in [0, 0.1) is 5.92 Å². The van der Waals surface area contributed by atoms with Crippen LogP contribution in [0.4, 0.5) is 0 Å². The maximum Gasteiger partial charge on any atom is 0.325 e. The zero-order valence-corrected chi connectivity index (χ0v) is 11.1. The molecule has 1 heterocycles. The Morgan fingerprint density at radius 3 is 2.62 bits per heavy atom.